The molecule has 5 heteroatoms. The molecule has 1 heterocycles. The molecular weight excluding hydrogens is 309 g/mol. The van der Waals surface area contributed by atoms with Gasteiger partial charge in [-0.15, -0.1) is 0 Å². The summed E-state index contributed by atoms with van der Waals surface area (Å²) in [5.41, 5.74) is 1.65. The van der Waals surface area contributed by atoms with E-state index in [-0.39, 0.29) is 17.3 Å². The van der Waals surface area contributed by atoms with Gasteiger partial charge in [0.1, 0.15) is 0 Å². The van der Waals surface area contributed by atoms with Crippen molar-refractivity contribution >= 4 is 46.2 Å². The van der Waals surface area contributed by atoms with Gasteiger partial charge >= 0.3 is 0 Å². The Morgan fingerprint density at radius 3 is 2.38 bits per heavy atom. The molecule has 1 N–H and O–H groups in total. The van der Waals surface area contributed by atoms with Gasteiger partial charge in [0.15, 0.2) is 5.78 Å². The summed E-state index contributed by atoms with van der Waals surface area (Å²) in [6, 6.07) is 11.9. The maximum Gasteiger partial charge on any atom is 0.256 e. The molecule has 0 spiro atoms. The zero-order chi connectivity index (χ0) is 15.0. The largest absolute Gasteiger partial charge is 0.320 e. The van der Waals surface area contributed by atoms with Crippen LogP contribution in [0, 0.1) is 0 Å². The van der Waals surface area contributed by atoms with Crippen LogP contribution < -0.4 is 5.32 Å². The Labute approximate surface area is 131 Å². The van der Waals surface area contributed by atoms with Crippen LogP contribution in [0.5, 0.6) is 0 Å². The second-order valence-electron chi connectivity index (χ2n) is 4.52. The van der Waals surface area contributed by atoms with E-state index in [4.69, 9.17) is 23.2 Å². The highest BCUT2D eigenvalue weighted by molar-refractivity contribution is 6.45. The number of fused-ring (bicyclic) bond motifs is 1. The fourth-order valence-electron chi connectivity index (χ4n) is 2.19. The molecular formula is C16H9Cl2NO2. The monoisotopic (exact) mass is 317 g/mol. The molecule has 1 aliphatic heterocycles. The van der Waals surface area contributed by atoms with Crippen LogP contribution in [0.1, 0.15) is 15.9 Å². The van der Waals surface area contributed by atoms with Crippen molar-refractivity contribution in [1.29, 1.82) is 0 Å². The van der Waals surface area contributed by atoms with Crippen LogP contribution in [0.25, 0.3) is 5.57 Å². The number of benzene rings is 2. The number of halogens is 2. The molecule has 0 saturated carbocycles. The van der Waals surface area contributed by atoms with Gasteiger partial charge in [-0.1, -0.05) is 53.5 Å². The third-order valence-corrected chi connectivity index (χ3v) is 3.82. The third-order valence-electron chi connectivity index (χ3n) is 3.19. The normalized spacial score (nSPS) is 15.0. The van der Waals surface area contributed by atoms with E-state index in [2.05, 4.69) is 5.32 Å². The summed E-state index contributed by atoms with van der Waals surface area (Å²) in [5.74, 6) is -0.645. The quantitative estimate of drug-likeness (QED) is 0.666. The summed E-state index contributed by atoms with van der Waals surface area (Å²) >= 11 is 12.2. The van der Waals surface area contributed by atoms with E-state index in [1.165, 1.54) is 6.08 Å². The van der Waals surface area contributed by atoms with Gasteiger partial charge in [-0.05, 0) is 18.2 Å². The average molecular weight is 318 g/mol. The van der Waals surface area contributed by atoms with Gasteiger partial charge in [0, 0.05) is 11.1 Å². The fraction of sp³-hybridized carbons (Fsp3) is 0. The third kappa shape index (κ3) is 2.46. The number of rotatable bonds is 2. The molecule has 3 nitrogen and oxygen atoms in total. The van der Waals surface area contributed by atoms with Gasteiger partial charge in [-0.25, -0.2) is 0 Å². The Kier molecular flexibility index (Phi) is 3.53. The Balaban J connectivity index is 2.09. The first-order valence-electron chi connectivity index (χ1n) is 6.18. The van der Waals surface area contributed by atoms with Crippen molar-refractivity contribution in [1.82, 2.24) is 0 Å². The van der Waals surface area contributed by atoms with Crippen LogP contribution in [0.3, 0.4) is 0 Å². The van der Waals surface area contributed by atoms with Crippen LogP contribution in [0.2, 0.25) is 10.0 Å². The van der Waals surface area contributed by atoms with Gasteiger partial charge in [0.05, 0.1) is 21.3 Å². The number of allylic oxidation sites excluding steroid dienone is 1. The summed E-state index contributed by atoms with van der Waals surface area (Å²) in [6.45, 7) is 0. The number of carbonyl (C=O) groups excluding carboxylic acids is 2. The van der Waals surface area contributed by atoms with Crippen LogP contribution >= 0.6 is 23.2 Å². The van der Waals surface area contributed by atoms with Crippen molar-refractivity contribution in [3.63, 3.8) is 0 Å². The molecule has 2 aromatic rings. The molecule has 0 fully saturated rings. The van der Waals surface area contributed by atoms with Gasteiger partial charge in [-0.2, -0.15) is 0 Å². The molecule has 0 atom stereocenters. The van der Waals surface area contributed by atoms with Crippen LogP contribution in [0.4, 0.5) is 5.69 Å². The van der Waals surface area contributed by atoms with Crippen molar-refractivity contribution in [3.8, 4) is 0 Å². The Hall–Kier alpha value is -2.10. The second kappa shape index (κ2) is 5.35. The minimum absolute atomic E-state index is 0.228. The summed E-state index contributed by atoms with van der Waals surface area (Å²) in [7, 11) is 0. The molecule has 0 radical (unpaired) electrons. The van der Waals surface area contributed by atoms with E-state index in [1.807, 2.05) is 6.07 Å². The molecule has 0 aliphatic carbocycles. The summed E-state index contributed by atoms with van der Waals surface area (Å²) in [5, 5.41) is 3.40. The average Bonchev–Trinajstić information content (AvgIpc) is 2.82. The van der Waals surface area contributed by atoms with E-state index >= 15 is 0 Å². The first kappa shape index (κ1) is 13.9. The van der Waals surface area contributed by atoms with E-state index in [0.717, 1.165) is 0 Å². The zero-order valence-electron chi connectivity index (χ0n) is 10.7. The van der Waals surface area contributed by atoms with Gasteiger partial charge in [0.2, 0.25) is 0 Å². The lowest BCUT2D eigenvalue weighted by Crippen LogP contribution is -2.06. The molecule has 0 saturated heterocycles. The summed E-state index contributed by atoms with van der Waals surface area (Å²) in [4.78, 5) is 24.3. The van der Waals surface area contributed by atoms with Crippen molar-refractivity contribution in [2.75, 3.05) is 5.32 Å². The molecule has 3 rings (SSSR count). The summed E-state index contributed by atoms with van der Waals surface area (Å²) in [6.07, 6.45) is 1.29. The number of ketones is 1. The number of hydrogen-bond acceptors (Lipinski definition) is 2. The molecule has 0 unspecified atom stereocenters. The van der Waals surface area contributed by atoms with Crippen molar-refractivity contribution < 1.29 is 9.59 Å². The van der Waals surface area contributed by atoms with E-state index in [1.54, 1.807) is 36.4 Å². The lowest BCUT2D eigenvalue weighted by atomic mass is 10.0. The maximum absolute atomic E-state index is 12.2. The SMILES string of the molecule is O=C1Nc2c(Cl)ccc(Cl)c2/C1=C/C(=O)c1ccccc1. The standard InChI is InChI=1S/C16H9Cl2NO2/c17-11-6-7-12(18)15-14(11)10(16(21)19-15)8-13(20)9-4-2-1-3-5-9/h1-8H,(H,19,21)/b10-8-. The fourth-order valence-corrected chi connectivity index (χ4v) is 2.65. The van der Waals surface area contributed by atoms with Gasteiger partial charge < -0.3 is 5.32 Å². The summed E-state index contributed by atoms with van der Waals surface area (Å²) < 4.78 is 0. The number of anilines is 1. The minimum Gasteiger partial charge on any atom is -0.320 e. The highest BCUT2D eigenvalue weighted by Gasteiger charge is 2.29. The molecule has 1 amide bonds. The van der Waals surface area contributed by atoms with Crippen molar-refractivity contribution in [2.24, 2.45) is 0 Å². The van der Waals surface area contributed by atoms with Gasteiger partial charge in [-0.3, -0.25) is 9.59 Å². The second-order valence-corrected chi connectivity index (χ2v) is 5.34. The Bertz CT molecular complexity index is 782. The van der Waals surface area contributed by atoms with E-state index in [9.17, 15) is 9.59 Å². The lowest BCUT2D eigenvalue weighted by molar-refractivity contribution is -0.110. The minimum atomic E-state index is -0.385. The van der Waals surface area contributed by atoms with E-state index < -0.39 is 0 Å². The lowest BCUT2D eigenvalue weighted by Gasteiger charge is -2.03. The smallest absolute Gasteiger partial charge is 0.256 e. The molecule has 104 valence electrons. The number of amides is 1. The van der Waals surface area contributed by atoms with E-state index in [0.29, 0.717) is 26.9 Å². The molecule has 0 bridgehead atoms. The number of hydrogen-bond donors (Lipinski definition) is 1. The highest BCUT2D eigenvalue weighted by atomic mass is 35.5. The number of nitrogens with one attached hydrogen (secondary N) is 1. The van der Waals surface area contributed by atoms with Crippen molar-refractivity contribution in [3.05, 3.63) is 69.7 Å². The van der Waals surface area contributed by atoms with Crippen molar-refractivity contribution in [2.45, 2.75) is 0 Å². The maximum atomic E-state index is 12.2. The molecule has 21 heavy (non-hydrogen) atoms. The highest BCUT2D eigenvalue weighted by Crippen LogP contribution is 2.41. The zero-order valence-corrected chi connectivity index (χ0v) is 12.2. The first-order valence-corrected chi connectivity index (χ1v) is 6.94. The first-order chi connectivity index (χ1) is 10.1. The molecule has 2 aromatic carbocycles. The van der Waals surface area contributed by atoms with Crippen LogP contribution in [-0.2, 0) is 4.79 Å². The topological polar surface area (TPSA) is 46.2 Å². The van der Waals surface area contributed by atoms with Gasteiger partial charge in [0.25, 0.3) is 5.91 Å². The van der Waals surface area contributed by atoms with Crippen LogP contribution in [-0.4, -0.2) is 11.7 Å². The number of carbonyl (C=O) groups is 2. The Morgan fingerprint density at radius 2 is 1.67 bits per heavy atom. The molecule has 0 aromatic heterocycles. The predicted molar refractivity (Wildman–Crippen MR) is 83.8 cm³/mol. The van der Waals surface area contributed by atoms with Crippen LogP contribution in [0.15, 0.2) is 48.5 Å². The molecule has 1 aliphatic rings. The predicted octanol–water partition coefficient (Wildman–Crippen LogP) is 4.21. The Morgan fingerprint density at radius 1 is 1.00 bits per heavy atom.